The SMILES string of the molecule is C=C(C)[C@@H]1C[C@H](O[Si](C)(C)C(C)(C)C)[C@@]2(C)Oc3cc(-c4cccnc4)oc(=O)c3C(=O)[C@@H]2C1.CC(=O)O[C@H]1C[C@@H](C(C)(C)C)C[C@H]2[C@H](O)c3c(cc(-c4cccnc4)oc3=O)O[C@]12C.CC(=O)O[C@H]1C[C@@H](C(C)(C)Cl)C[C@H]2C(=O)c3c(cc(-c4cccnc4)oc3=O)O[C@]12C.CC(=O)O[C@H]1C[C@@H](C(C)(C)Cl)C[C@H]2[C@H](O)c3c(cc(-c4cccnc4)oc3=O)O[C@]12C. The first-order chi connectivity index (χ1) is 59.3. The molecule has 0 unspecified atom stereocenters. The van der Waals surface area contributed by atoms with Crippen LogP contribution < -0.4 is 41.4 Å². The van der Waals surface area contributed by atoms with Crippen molar-refractivity contribution >= 4 is 61.0 Å². The van der Waals surface area contributed by atoms with Gasteiger partial charge in [-0.05, 0) is 209 Å². The Hall–Kier alpha value is -10.2. The van der Waals surface area contributed by atoms with Gasteiger partial charge in [-0.25, -0.2) is 19.2 Å². The van der Waals surface area contributed by atoms with Crippen LogP contribution >= 0.6 is 23.2 Å². The molecule has 0 radical (unpaired) electrons. The summed E-state index contributed by atoms with van der Waals surface area (Å²) >= 11 is 13.2. The molecule has 27 nitrogen and oxygen atoms in total. The number of pyridine rings is 4. The summed E-state index contributed by atoms with van der Waals surface area (Å²) in [6, 6.07) is 20.4. The molecular weight excluding hydrogens is 1690 g/mol. The molecule has 0 amide bonds. The number of Topliss-reactive ketones (excluding diaryl/α,β-unsaturated/α-hetero) is 2. The van der Waals surface area contributed by atoms with Gasteiger partial charge in [-0.15, -0.1) is 23.2 Å². The Bertz CT molecular complexity index is 5590. The fourth-order valence-electron chi connectivity index (χ4n) is 19.1. The number of carbonyl (C=O) groups is 5. The maximum atomic E-state index is 13.8. The standard InChI is InChI=1S/C27H35NO5Si.C24H29NO6.C23H26ClNO6.C23H24ClNO6/c1-16(2)18-12-19-24(29)23-21(14-20(31-25(23)30)17-10-9-11-28-15-17)32-27(19,6)22(13-18)33-34(7,8)26(3,4)5;1-13(26)29-19-10-15(23(2,3)4)9-16-21(27)20-18(31-24(16,19)5)11-17(30-22(20)28)14-7-6-8-25-12-14;2*1-12(26)29-18-9-14(22(2,3)24)8-15-20(27)19-17(31-23(15,18)4)10-16(30-21(19)28)13-6-5-7-25-11-13/h9-11,14-15,18-19,22H,1,12-13H2,2-8H3;6-8,11-12,15-16,19,21,27H,9-10H2,1-5H3;5-7,10-11,14-15,18,20,27H,8-9H2,1-4H3;5-7,10-11,14-15,18H,8-9H2,1-4H3/t18-,19-,22-,27-;15-,16-,19-,21-,24-;14-,15-,18-,20-,23-;14-,15-,18-,23-/m0000/s1. The van der Waals surface area contributed by atoms with E-state index in [9.17, 15) is 53.4 Å². The first-order valence-electron chi connectivity index (χ1n) is 43.0. The van der Waals surface area contributed by atoms with Crippen LogP contribution in [0.1, 0.15) is 220 Å². The van der Waals surface area contributed by atoms with Crippen LogP contribution in [-0.4, -0.2) is 125 Å². The van der Waals surface area contributed by atoms with Gasteiger partial charge in [0.2, 0.25) is 0 Å². The molecule has 8 aromatic heterocycles. The summed E-state index contributed by atoms with van der Waals surface area (Å²) in [6.45, 7) is 42.5. The molecule has 2 N–H and O–H groups in total. The molecule has 4 aliphatic heterocycles. The zero-order valence-electron chi connectivity index (χ0n) is 75.5. The highest BCUT2D eigenvalue weighted by Crippen LogP contribution is 2.59. The quantitative estimate of drug-likeness (QED) is 0.0377. The number of allylic oxidation sites excluding steroid dienone is 1. The van der Waals surface area contributed by atoms with Crippen molar-refractivity contribution in [3.05, 3.63) is 198 Å². The summed E-state index contributed by atoms with van der Waals surface area (Å²) in [6.07, 6.45) is 12.8. The van der Waals surface area contributed by atoms with E-state index in [1.54, 1.807) is 123 Å². The first kappa shape index (κ1) is 94.4. The van der Waals surface area contributed by atoms with E-state index < -0.39 is 135 Å². The van der Waals surface area contributed by atoms with Crippen LogP contribution in [0.5, 0.6) is 23.0 Å². The molecule has 4 saturated carbocycles. The van der Waals surface area contributed by atoms with E-state index in [4.69, 9.17) is 78.5 Å². The van der Waals surface area contributed by atoms with Gasteiger partial charge in [-0.3, -0.25) is 43.9 Å². The number of halogens is 2. The second-order valence-electron chi connectivity index (χ2n) is 39.3. The lowest BCUT2D eigenvalue weighted by Gasteiger charge is -2.54. The number of ether oxygens (including phenoxy) is 7. The van der Waals surface area contributed by atoms with Gasteiger partial charge in [0.05, 0.1) is 30.1 Å². The number of hydrogen-bond acceptors (Lipinski definition) is 27. The topological polar surface area (TPSA) is 372 Å². The maximum absolute atomic E-state index is 13.8. The fraction of sp³-hybridized carbons (Fsp3) is 0.515. The summed E-state index contributed by atoms with van der Waals surface area (Å²) in [5, 5.41) is 22.6. The van der Waals surface area contributed by atoms with Crippen LogP contribution in [-0.2, 0) is 33.0 Å². The minimum absolute atomic E-state index is 0.000153. The molecule has 0 saturated heterocycles. The summed E-state index contributed by atoms with van der Waals surface area (Å²) < 4.78 is 71.5. The van der Waals surface area contributed by atoms with Crippen molar-refractivity contribution in [2.45, 2.75) is 263 Å². The van der Waals surface area contributed by atoms with E-state index in [1.807, 2.05) is 55.4 Å². The lowest BCUT2D eigenvalue weighted by molar-refractivity contribution is -0.197. The second kappa shape index (κ2) is 35.3. The Morgan fingerprint density at radius 1 is 0.441 bits per heavy atom. The van der Waals surface area contributed by atoms with Crippen molar-refractivity contribution in [3.63, 3.8) is 0 Å². The van der Waals surface area contributed by atoms with Crippen molar-refractivity contribution in [1.82, 2.24) is 19.9 Å². The number of aliphatic hydroxyl groups is 2. The molecule has 0 bridgehead atoms. The van der Waals surface area contributed by atoms with Crippen molar-refractivity contribution in [2.75, 3.05) is 0 Å². The Morgan fingerprint density at radius 3 is 1.09 bits per heavy atom. The Labute approximate surface area is 748 Å². The molecule has 12 heterocycles. The molecule has 0 spiro atoms. The van der Waals surface area contributed by atoms with Crippen LogP contribution in [0.25, 0.3) is 45.3 Å². The number of carbonyl (C=O) groups excluding carboxylic acids is 5. The molecule has 8 aromatic rings. The zero-order valence-corrected chi connectivity index (χ0v) is 78.0. The lowest BCUT2D eigenvalue weighted by atomic mass is 9.60. The highest BCUT2D eigenvalue weighted by molar-refractivity contribution is 6.74. The number of fused-ring (bicyclic) bond motifs is 8. The van der Waals surface area contributed by atoms with Crippen LogP contribution in [0.2, 0.25) is 18.1 Å². The van der Waals surface area contributed by atoms with Gasteiger partial charge < -0.3 is 65.5 Å². The monoisotopic (exact) mass is 1800 g/mol. The molecule has 0 aromatic carbocycles. The Balaban J connectivity index is 0.000000145. The number of hydrogen-bond donors (Lipinski definition) is 2. The van der Waals surface area contributed by atoms with Crippen molar-refractivity contribution < 1.29 is 89.4 Å². The number of alkyl halides is 2. The summed E-state index contributed by atoms with van der Waals surface area (Å²) in [5.41, 5.74) is -3.30. The average molecular weight is 1800 g/mol. The molecule has 16 rings (SSSR count). The minimum Gasteiger partial charge on any atom is -0.483 e. The number of rotatable bonds is 12. The summed E-state index contributed by atoms with van der Waals surface area (Å²) in [4.78, 5) is 129. The fourth-order valence-corrected chi connectivity index (χ4v) is 20.9. The number of esters is 3. The summed E-state index contributed by atoms with van der Waals surface area (Å²) in [7, 11) is -2.18. The van der Waals surface area contributed by atoms with Crippen molar-refractivity contribution in [3.8, 4) is 68.3 Å². The second-order valence-corrected chi connectivity index (χ2v) is 46.1. The molecule has 678 valence electrons. The van der Waals surface area contributed by atoms with Crippen molar-refractivity contribution in [1.29, 1.82) is 0 Å². The number of aliphatic hydroxyl groups excluding tert-OH is 2. The molecule has 4 fully saturated rings. The number of ketones is 2. The van der Waals surface area contributed by atoms with Gasteiger partial charge in [0.15, 0.2) is 25.5 Å². The molecule has 8 aliphatic rings. The third-order valence-electron chi connectivity index (χ3n) is 27.9. The predicted octanol–water partition coefficient (Wildman–Crippen LogP) is 17.8. The van der Waals surface area contributed by atoms with E-state index in [0.29, 0.717) is 78.7 Å². The molecule has 18 atom stereocenters. The van der Waals surface area contributed by atoms with E-state index in [-0.39, 0.29) is 109 Å². The lowest BCUT2D eigenvalue weighted by Crippen LogP contribution is -2.63. The van der Waals surface area contributed by atoms with Gasteiger partial charge in [0.25, 0.3) is 0 Å². The van der Waals surface area contributed by atoms with Gasteiger partial charge in [0.1, 0.15) is 103 Å². The highest BCUT2D eigenvalue weighted by Gasteiger charge is 2.64. The third-order valence-corrected chi connectivity index (χ3v) is 33.0. The van der Waals surface area contributed by atoms with E-state index in [0.717, 1.165) is 12.0 Å². The van der Waals surface area contributed by atoms with E-state index in [1.165, 1.54) is 26.8 Å². The van der Waals surface area contributed by atoms with Gasteiger partial charge in [0, 0.05) is 138 Å². The molecule has 4 aliphatic carbocycles. The number of aromatic nitrogens is 4. The maximum Gasteiger partial charge on any atom is 0.351 e. The normalized spacial score (nSPS) is 28.6. The van der Waals surface area contributed by atoms with Gasteiger partial charge in [-0.1, -0.05) is 53.7 Å². The largest absolute Gasteiger partial charge is 0.483 e. The summed E-state index contributed by atoms with van der Waals surface area (Å²) in [5.74, 6) is -1.92. The third kappa shape index (κ3) is 18.9. The molecular formula is C97H114Cl2N4O23Si. The van der Waals surface area contributed by atoms with Crippen LogP contribution in [0, 0.1) is 52.8 Å². The number of nitrogens with zero attached hydrogens (tertiary/aromatic N) is 4. The average Bonchev–Trinajstić information content (AvgIpc) is 0.734. The Kier molecular flexibility index (Phi) is 26.3. The zero-order chi connectivity index (χ0) is 92.7. The van der Waals surface area contributed by atoms with Crippen molar-refractivity contribution in [2.24, 2.45) is 52.8 Å². The molecule has 30 heteroatoms. The molecule has 127 heavy (non-hydrogen) atoms. The predicted molar refractivity (Wildman–Crippen MR) is 475 cm³/mol. The first-order valence-corrected chi connectivity index (χ1v) is 46.7. The van der Waals surface area contributed by atoms with Crippen LogP contribution in [0.15, 0.2) is 171 Å². The van der Waals surface area contributed by atoms with Crippen LogP contribution in [0.4, 0.5) is 0 Å². The smallest absolute Gasteiger partial charge is 0.351 e. The van der Waals surface area contributed by atoms with Gasteiger partial charge >= 0.3 is 40.4 Å². The van der Waals surface area contributed by atoms with Crippen LogP contribution in [0.3, 0.4) is 0 Å². The van der Waals surface area contributed by atoms with E-state index >= 15 is 0 Å². The Morgan fingerprint density at radius 2 is 0.756 bits per heavy atom. The minimum atomic E-state index is -2.18. The van der Waals surface area contributed by atoms with Gasteiger partial charge in [-0.2, -0.15) is 0 Å². The van der Waals surface area contributed by atoms with E-state index in [2.05, 4.69) is 81.2 Å². The highest BCUT2D eigenvalue weighted by atomic mass is 35.5.